The van der Waals surface area contributed by atoms with Crippen LogP contribution in [0.25, 0.3) is 5.69 Å². The number of rotatable bonds is 2. The maximum atomic E-state index is 5.24. The van der Waals surface area contributed by atoms with Gasteiger partial charge in [-0.1, -0.05) is 0 Å². The van der Waals surface area contributed by atoms with Crippen LogP contribution in [0.15, 0.2) is 36.9 Å². The molecule has 0 bridgehead atoms. The molecule has 0 aliphatic rings. The number of nitrogens with zero attached hydrogens (tertiary/aromatic N) is 3. The first-order chi connectivity index (χ1) is 6.40. The molecule has 1 aromatic heterocycles. The summed E-state index contributed by atoms with van der Waals surface area (Å²) >= 11 is 0. The molecule has 0 fully saturated rings. The summed E-state index contributed by atoms with van der Waals surface area (Å²) < 4.78 is 1.82. The van der Waals surface area contributed by atoms with Gasteiger partial charge in [-0.3, -0.25) is 10.4 Å². The van der Waals surface area contributed by atoms with Crippen LogP contribution in [0.4, 0.5) is 5.69 Å². The van der Waals surface area contributed by atoms with Crippen molar-refractivity contribution in [1.82, 2.24) is 14.8 Å². The van der Waals surface area contributed by atoms with Crippen LogP contribution < -0.4 is 11.3 Å². The Morgan fingerprint density at radius 3 is 2.14 bits per heavy atom. The third kappa shape index (κ3) is 2.01. The largest absolute Gasteiger partial charge is 0.324 e. The zero-order valence-electron chi connectivity index (χ0n) is 7.29. The molecule has 2 aromatic rings. The molecule has 0 aliphatic heterocycles. The number of nitrogen functional groups attached to an aromatic ring is 1. The Labute approximate surface area is 87.3 Å². The number of anilines is 1. The van der Waals surface area contributed by atoms with Crippen LogP contribution in [-0.4, -0.2) is 14.8 Å². The Morgan fingerprint density at radius 2 is 1.64 bits per heavy atom. The number of hydrogen-bond acceptors (Lipinski definition) is 4. The minimum atomic E-state index is 0. The molecule has 0 amide bonds. The second-order valence-electron chi connectivity index (χ2n) is 2.56. The minimum Gasteiger partial charge on any atom is -0.324 e. The molecule has 1 heterocycles. The molecule has 14 heavy (non-hydrogen) atoms. The van der Waals surface area contributed by atoms with E-state index in [0.717, 1.165) is 11.4 Å². The molecule has 0 atom stereocenters. The highest BCUT2D eigenvalue weighted by molar-refractivity contribution is 5.85. The number of benzene rings is 1. The van der Waals surface area contributed by atoms with E-state index in [4.69, 9.17) is 5.84 Å². The van der Waals surface area contributed by atoms with E-state index < -0.39 is 0 Å². The summed E-state index contributed by atoms with van der Waals surface area (Å²) in [5, 5.41) is 7.43. The van der Waals surface area contributed by atoms with Crippen molar-refractivity contribution < 1.29 is 0 Å². The Hall–Kier alpha value is -1.59. The van der Waals surface area contributed by atoms with Crippen LogP contribution in [0.3, 0.4) is 0 Å². The molecule has 74 valence electrons. The van der Waals surface area contributed by atoms with Crippen molar-refractivity contribution in [2.75, 3.05) is 5.43 Å². The van der Waals surface area contributed by atoms with Crippen molar-refractivity contribution in [2.45, 2.75) is 0 Å². The fourth-order valence-electron chi connectivity index (χ4n) is 1.06. The lowest BCUT2D eigenvalue weighted by Crippen LogP contribution is -2.06. The summed E-state index contributed by atoms with van der Waals surface area (Å²) in [5.41, 5.74) is 4.43. The fraction of sp³-hybridized carbons (Fsp3) is 0. The molecule has 0 radical (unpaired) electrons. The predicted octanol–water partition coefficient (Wildman–Crippen LogP) is 0.975. The first-order valence-electron chi connectivity index (χ1n) is 3.82. The van der Waals surface area contributed by atoms with Crippen LogP contribution in [0.2, 0.25) is 0 Å². The summed E-state index contributed by atoms with van der Waals surface area (Å²) in [6, 6.07) is 7.63. The van der Waals surface area contributed by atoms with Gasteiger partial charge < -0.3 is 5.43 Å². The average molecular weight is 212 g/mol. The maximum Gasteiger partial charge on any atom is 0.123 e. The van der Waals surface area contributed by atoms with Crippen molar-refractivity contribution >= 4 is 18.1 Å². The standard InChI is InChI=1S/C8H9N5.ClH/c9-12-7-1-3-8(4-2-7)13-5-10-11-6-13;/h1-6,12H,9H2;1H. The summed E-state index contributed by atoms with van der Waals surface area (Å²) in [6.07, 6.45) is 3.29. The van der Waals surface area contributed by atoms with Gasteiger partial charge in [0.1, 0.15) is 12.7 Å². The van der Waals surface area contributed by atoms with Crippen molar-refractivity contribution in [1.29, 1.82) is 0 Å². The Morgan fingerprint density at radius 1 is 1.07 bits per heavy atom. The lowest BCUT2D eigenvalue weighted by Gasteiger charge is -2.02. The van der Waals surface area contributed by atoms with E-state index >= 15 is 0 Å². The molecule has 5 nitrogen and oxygen atoms in total. The van der Waals surface area contributed by atoms with Gasteiger partial charge in [-0.25, -0.2) is 0 Å². The van der Waals surface area contributed by atoms with Gasteiger partial charge >= 0.3 is 0 Å². The van der Waals surface area contributed by atoms with Gasteiger partial charge in [0.25, 0.3) is 0 Å². The predicted molar refractivity (Wildman–Crippen MR) is 56.4 cm³/mol. The molecular weight excluding hydrogens is 202 g/mol. The van der Waals surface area contributed by atoms with Gasteiger partial charge in [0.05, 0.1) is 0 Å². The SMILES string of the molecule is Cl.NNc1ccc(-n2cnnc2)cc1. The normalized spacial score (nSPS) is 9.21. The Balaban J connectivity index is 0.000000980. The average Bonchev–Trinajstić information content (AvgIpc) is 2.71. The number of halogens is 1. The third-order valence-electron chi connectivity index (χ3n) is 1.75. The number of nitrogens with two attached hydrogens (primary N) is 1. The topological polar surface area (TPSA) is 68.8 Å². The summed E-state index contributed by atoms with van der Waals surface area (Å²) in [7, 11) is 0. The van der Waals surface area contributed by atoms with E-state index in [1.807, 2.05) is 28.8 Å². The summed E-state index contributed by atoms with van der Waals surface area (Å²) in [5.74, 6) is 5.24. The van der Waals surface area contributed by atoms with Crippen LogP contribution in [0.5, 0.6) is 0 Å². The van der Waals surface area contributed by atoms with Crippen molar-refractivity contribution in [3.05, 3.63) is 36.9 Å². The van der Waals surface area contributed by atoms with E-state index in [0.29, 0.717) is 0 Å². The highest BCUT2D eigenvalue weighted by Gasteiger charge is 1.94. The molecule has 6 heteroatoms. The number of hydrazine groups is 1. The number of hydrogen-bond donors (Lipinski definition) is 2. The lowest BCUT2D eigenvalue weighted by molar-refractivity contribution is 1.06. The Bertz CT molecular complexity index is 369. The smallest absolute Gasteiger partial charge is 0.123 e. The van der Waals surface area contributed by atoms with E-state index in [9.17, 15) is 0 Å². The van der Waals surface area contributed by atoms with E-state index in [1.54, 1.807) is 12.7 Å². The molecule has 1 aromatic carbocycles. The maximum absolute atomic E-state index is 5.24. The lowest BCUT2D eigenvalue weighted by atomic mass is 10.3. The molecule has 0 saturated carbocycles. The van der Waals surface area contributed by atoms with Crippen LogP contribution >= 0.6 is 12.4 Å². The molecule has 3 N–H and O–H groups in total. The molecule has 0 saturated heterocycles. The van der Waals surface area contributed by atoms with E-state index in [-0.39, 0.29) is 12.4 Å². The monoisotopic (exact) mass is 211 g/mol. The highest BCUT2D eigenvalue weighted by atomic mass is 35.5. The van der Waals surface area contributed by atoms with Gasteiger partial charge in [-0.2, -0.15) is 0 Å². The zero-order valence-corrected chi connectivity index (χ0v) is 8.11. The Kier molecular flexibility index (Phi) is 3.44. The first-order valence-corrected chi connectivity index (χ1v) is 3.82. The van der Waals surface area contributed by atoms with Gasteiger partial charge in [-0.05, 0) is 24.3 Å². The fourth-order valence-corrected chi connectivity index (χ4v) is 1.06. The zero-order chi connectivity index (χ0) is 9.10. The van der Waals surface area contributed by atoms with Crippen LogP contribution in [-0.2, 0) is 0 Å². The molecule has 0 aliphatic carbocycles. The first kappa shape index (κ1) is 10.5. The van der Waals surface area contributed by atoms with Crippen molar-refractivity contribution in [3.8, 4) is 5.69 Å². The second-order valence-corrected chi connectivity index (χ2v) is 2.56. The highest BCUT2D eigenvalue weighted by Crippen LogP contribution is 2.10. The van der Waals surface area contributed by atoms with E-state index in [1.165, 1.54) is 0 Å². The summed E-state index contributed by atoms with van der Waals surface area (Å²) in [4.78, 5) is 0. The van der Waals surface area contributed by atoms with Gasteiger partial charge in [0.2, 0.25) is 0 Å². The quantitative estimate of drug-likeness (QED) is 0.574. The molecule has 0 spiro atoms. The van der Waals surface area contributed by atoms with Crippen LogP contribution in [0, 0.1) is 0 Å². The van der Waals surface area contributed by atoms with Crippen molar-refractivity contribution in [2.24, 2.45) is 5.84 Å². The molecule has 0 unspecified atom stereocenters. The number of aromatic nitrogens is 3. The van der Waals surface area contributed by atoms with Gasteiger partial charge in [0.15, 0.2) is 0 Å². The van der Waals surface area contributed by atoms with Gasteiger partial charge in [-0.15, -0.1) is 22.6 Å². The number of nitrogens with one attached hydrogen (secondary N) is 1. The third-order valence-corrected chi connectivity index (χ3v) is 1.75. The summed E-state index contributed by atoms with van der Waals surface area (Å²) in [6.45, 7) is 0. The second kappa shape index (κ2) is 4.59. The van der Waals surface area contributed by atoms with E-state index in [2.05, 4.69) is 15.6 Å². The van der Waals surface area contributed by atoms with Crippen LogP contribution in [0.1, 0.15) is 0 Å². The van der Waals surface area contributed by atoms with Gasteiger partial charge in [0, 0.05) is 11.4 Å². The molecule has 2 rings (SSSR count). The minimum absolute atomic E-state index is 0. The van der Waals surface area contributed by atoms with Crippen molar-refractivity contribution in [3.63, 3.8) is 0 Å². The molecular formula is C8H10ClN5.